The van der Waals surface area contributed by atoms with E-state index in [9.17, 15) is 0 Å². The number of fused-ring (bicyclic) bond motifs is 10. The quantitative estimate of drug-likeness (QED) is 0.178. The van der Waals surface area contributed by atoms with Gasteiger partial charge in [0.1, 0.15) is 27.8 Å². The van der Waals surface area contributed by atoms with E-state index in [0.29, 0.717) is 11.5 Å². The molecule has 0 fully saturated rings. The fraction of sp³-hybridized carbons (Fsp3) is 0. The number of hydrogen-bond donors (Lipinski definition) is 0. The van der Waals surface area contributed by atoms with Gasteiger partial charge in [-0.2, -0.15) is 0 Å². The van der Waals surface area contributed by atoms with E-state index in [1.165, 1.54) is 0 Å². The van der Waals surface area contributed by atoms with Crippen molar-refractivity contribution in [2.45, 2.75) is 0 Å². The Hall–Kier alpha value is -7.57. The van der Waals surface area contributed by atoms with Gasteiger partial charge in [-0.25, -0.2) is 4.98 Å². The van der Waals surface area contributed by atoms with Crippen molar-refractivity contribution in [3.63, 3.8) is 0 Å². The zero-order valence-corrected chi connectivity index (χ0v) is 29.3. The van der Waals surface area contributed by atoms with Crippen LogP contribution in [-0.4, -0.2) is 9.55 Å². The first-order valence-electron chi connectivity index (χ1n) is 18.4. The Morgan fingerprint density at radius 2 is 1.07 bits per heavy atom. The van der Waals surface area contributed by atoms with Crippen LogP contribution in [0, 0.1) is 0 Å². The molecule has 258 valence electrons. The lowest BCUT2D eigenvalue weighted by Gasteiger charge is -2.27. The van der Waals surface area contributed by atoms with Crippen LogP contribution in [0.2, 0.25) is 0 Å². The van der Waals surface area contributed by atoms with Gasteiger partial charge in [-0.1, -0.05) is 84.9 Å². The van der Waals surface area contributed by atoms with Gasteiger partial charge in [0.15, 0.2) is 5.58 Å². The number of para-hydroxylation sites is 3. The molecule has 0 unspecified atom stereocenters. The Morgan fingerprint density at radius 1 is 0.418 bits per heavy atom. The summed E-state index contributed by atoms with van der Waals surface area (Å²) in [6.07, 6.45) is 0. The van der Waals surface area contributed by atoms with Crippen molar-refractivity contribution in [2.75, 3.05) is 4.90 Å². The number of aromatic nitrogens is 2. The van der Waals surface area contributed by atoms with Gasteiger partial charge in [0.25, 0.3) is 0 Å². The fourth-order valence-electron chi connectivity index (χ4n) is 8.42. The molecule has 6 nitrogen and oxygen atoms in total. The highest BCUT2D eigenvalue weighted by atomic mass is 16.4. The summed E-state index contributed by atoms with van der Waals surface area (Å²) in [5, 5.41) is 6.42. The topological polar surface area (TPSA) is 60.5 Å². The Labute approximate surface area is 313 Å². The Morgan fingerprint density at radius 3 is 1.95 bits per heavy atom. The Bertz CT molecular complexity index is 3440. The van der Waals surface area contributed by atoms with Gasteiger partial charge < -0.3 is 22.7 Å². The SMILES string of the molecule is c1ccc(-c2nc3cc4c(cc3o2)oc2cccc(N(c3ccc5c(c3)oc3ccccc35)c3cccc5c3c3ccccc3n5-c3ccccc3)c24)cc1. The molecular formula is C49H29N3O3. The zero-order valence-electron chi connectivity index (χ0n) is 29.3. The lowest BCUT2D eigenvalue weighted by atomic mass is 10.0. The van der Waals surface area contributed by atoms with E-state index in [-0.39, 0.29) is 0 Å². The third-order valence-corrected chi connectivity index (χ3v) is 10.8. The maximum atomic E-state index is 6.63. The van der Waals surface area contributed by atoms with Crippen molar-refractivity contribution in [3.8, 4) is 17.1 Å². The summed E-state index contributed by atoms with van der Waals surface area (Å²) in [5.74, 6) is 0.579. The van der Waals surface area contributed by atoms with Crippen molar-refractivity contribution in [1.82, 2.24) is 9.55 Å². The van der Waals surface area contributed by atoms with E-state index >= 15 is 0 Å². The van der Waals surface area contributed by atoms with Crippen LogP contribution in [0.3, 0.4) is 0 Å². The highest BCUT2D eigenvalue weighted by Crippen LogP contribution is 2.48. The number of anilines is 3. The van der Waals surface area contributed by atoms with Crippen molar-refractivity contribution in [2.24, 2.45) is 0 Å². The maximum absolute atomic E-state index is 6.63. The van der Waals surface area contributed by atoms with E-state index in [4.69, 9.17) is 18.2 Å². The summed E-state index contributed by atoms with van der Waals surface area (Å²) < 4.78 is 21.8. The van der Waals surface area contributed by atoms with Gasteiger partial charge in [0.2, 0.25) is 5.89 Å². The average Bonchev–Trinajstić information content (AvgIpc) is 4.01. The summed E-state index contributed by atoms with van der Waals surface area (Å²) in [6.45, 7) is 0. The molecule has 0 saturated carbocycles. The normalized spacial score (nSPS) is 12.0. The molecule has 0 N–H and O–H groups in total. The van der Waals surface area contributed by atoms with E-state index in [1.807, 2.05) is 54.6 Å². The van der Waals surface area contributed by atoms with Crippen LogP contribution in [0.15, 0.2) is 189 Å². The second-order valence-corrected chi connectivity index (χ2v) is 13.9. The first-order chi connectivity index (χ1) is 27.3. The van der Waals surface area contributed by atoms with Gasteiger partial charge in [-0.05, 0) is 78.9 Å². The number of rotatable bonds is 5. The largest absolute Gasteiger partial charge is 0.456 e. The predicted octanol–water partition coefficient (Wildman–Crippen LogP) is 13.9. The van der Waals surface area contributed by atoms with Crippen LogP contribution in [0.5, 0.6) is 0 Å². The minimum absolute atomic E-state index is 0.579. The smallest absolute Gasteiger partial charge is 0.227 e. The van der Waals surface area contributed by atoms with Crippen molar-refractivity contribution in [1.29, 1.82) is 0 Å². The summed E-state index contributed by atoms with van der Waals surface area (Å²) >= 11 is 0. The summed E-state index contributed by atoms with van der Waals surface area (Å²) in [5.41, 5.74) is 11.9. The summed E-state index contributed by atoms with van der Waals surface area (Å²) in [4.78, 5) is 7.29. The molecular weight excluding hydrogens is 679 g/mol. The van der Waals surface area contributed by atoms with Gasteiger partial charge in [0.05, 0.1) is 27.8 Å². The van der Waals surface area contributed by atoms with E-state index < -0.39 is 0 Å². The number of nitrogens with zero attached hydrogens (tertiary/aromatic N) is 3. The van der Waals surface area contributed by atoms with Gasteiger partial charge in [-0.3, -0.25) is 0 Å². The number of oxazole rings is 1. The fourth-order valence-corrected chi connectivity index (χ4v) is 8.42. The number of hydrogen-bond acceptors (Lipinski definition) is 5. The number of benzene rings is 8. The second kappa shape index (κ2) is 11.5. The second-order valence-electron chi connectivity index (χ2n) is 13.9. The zero-order chi connectivity index (χ0) is 36.0. The molecule has 0 spiro atoms. The highest BCUT2D eigenvalue weighted by molar-refractivity contribution is 6.20. The van der Waals surface area contributed by atoms with Gasteiger partial charge >= 0.3 is 0 Å². The van der Waals surface area contributed by atoms with Crippen LogP contribution in [0.25, 0.3) is 93.9 Å². The molecule has 0 radical (unpaired) electrons. The average molecular weight is 708 g/mol. The van der Waals surface area contributed by atoms with Crippen LogP contribution in [0.1, 0.15) is 0 Å². The van der Waals surface area contributed by atoms with E-state index in [0.717, 1.165) is 99.5 Å². The Kier molecular flexibility index (Phi) is 6.24. The van der Waals surface area contributed by atoms with E-state index in [2.05, 4.69) is 131 Å². The minimum atomic E-state index is 0.579. The molecule has 0 aliphatic rings. The Balaban J connectivity index is 1.17. The first kappa shape index (κ1) is 29.9. The van der Waals surface area contributed by atoms with Crippen LogP contribution in [0.4, 0.5) is 17.1 Å². The molecule has 6 heteroatoms. The third kappa shape index (κ3) is 4.46. The molecule has 55 heavy (non-hydrogen) atoms. The van der Waals surface area contributed by atoms with Crippen LogP contribution >= 0.6 is 0 Å². The molecule has 4 heterocycles. The van der Waals surface area contributed by atoms with E-state index in [1.54, 1.807) is 0 Å². The molecule has 4 aromatic heterocycles. The van der Waals surface area contributed by atoms with Crippen LogP contribution in [-0.2, 0) is 0 Å². The highest BCUT2D eigenvalue weighted by Gasteiger charge is 2.25. The lowest BCUT2D eigenvalue weighted by molar-refractivity contribution is 0.617. The van der Waals surface area contributed by atoms with Crippen molar-refractivity contribution in [3.05, 3.63) is 176 Å². The molecule has 12 rings (SSSR count). The lowest BCUT2D eigenvalue weighted by Crippen LogP contribution is -2.10. The monoisotopic (exact) mass is 707 g/mol. The summed E-state index contributed by atoms with van der Waals surface area (Å²) in [7, 11) is 0. The maximum Gasteiger partial charge on any atom is 0.227 e. The summed E-state index contributed by atoms with van der Waals surface area (Å²) in [6, 6.07) is 60.9. The van der Waals surface area contributed by atoms with Crippen LogP contribution < -0.4 is 4.90 Å². The van der Waals surface area contributed by atoms with Crippen molar-refractivity contribution >= 4 is 93.8 Å². The molecule has 0 saturated heterocycles. The standard InChI is InChI=1S/C49H29N3O3/c1-3-13-30(14-4-1)49-50-37-28-36-45(29-46(37)55-49)54-43-24-12-22-41(48(36)43)52(32-25-26-34-33-17-8-10-23-42(33)53-44(34)27-32)40-21-11-20-39-47(40)35-18-7-9-19-38(35)51(39)31-15-5-2-6-16-31/h1-29H. The molecule has 0 amide bonds. The minimum Gasteiger partial charge on any atom is -0.456 e. The molecule has 0 aliphatic carbocycles. The van der Waals surface area contributed by atoms with Crippen molar-refractivity contribution < 1.29 is 13.3 Å². The molecule has 12 aromatic rings. The molecule has 0 aliphatic heterocycles. The molecule has 0 bridgehead atoms. The first-order valence-corrected chi connectivity index (χ1v) is 18.4. The predicted molar refractivity (Wildman–Crippen MR) is 223 cm³/mol. The van der Waals surface area contributed by atoms with Gasteiger partial charge in [0, 0.05) is 56.0 Å². The number of furan rings is 2. The third-order valence-electron chi connectivity index (χ3n) is 10.8. The molecule has 0 atom stereocenters. The molecule has 8 aromatic carbocycles. The van der Waals surface area contributed by atoms with Gasteiger partial charge in [-0.15, -0.1) is 0 Å².